The van der Waals surface area contributed by atoms with Crippen molar-refractivity contribution in [2.45, 2.75) is 25.5 Å². The van der Waals surface area contributed by atoms with Crippen molar-refractivity contribution in [3.05, 3.63) is 0 Å². The van der Waals surface area contributed by atoms with Crippen LogP contribution in [-0.2, 0) is 0 Å². The largest absolute Gasteiger partial charge is 0.392 e. The Balaban J connectivity index is 2.47. The second kappa shape index (κ2) is 5.35. The molecule has 2 atom stereocenters. The van der Waals surface area contributed by atoms with E-state index in [-0.39, 0.29) is 6.10 Å². The summed E-state index contributed by atoms with van der Waals surface area (Å²) < 4.78 is 0. The van der Waals surface area contributed by atoms with Crippen LogP contribution in [0.2, 0.25) is 0 Å². The van der Waals surface area contributed by atoms with Crippen LogP contribution in [-0.4, -0.2) is 60.8 Å². The minimum Gasteiger partial charge on any atom is -0.392 e. The van der Waals surface area contributed by atoms with Crippen LogP contribution in [0, 0.1) is 11.8 Å². The third-order valence-corrected chi connectivity index (χ3v) is 2.54. The molecule has 0 aliphatic carbocycles. The van der Waals surface area contributed by atoms with Crippen LogP contribution in [0.3, 0.4) is 0 Å². The molecular formula is C11H20N2O. The summed E-state index contributed by atoms with van der Waals surface area (Å²) in [7, 11) is 4.13. The number of aliphatic hydroxyl groups is 1. The van der Waals surface area contributed by atoms with E-state index in [1.165, 1.54) is 0 Å². The molecule has 1 fully saturated rings. The minimum atomic E-state index is -0.168. The van der Waals surface area contributed by atoms with Crippen LogP contribution < -0.4 is 0 Å². The Kier molecular flexibility index (Phi) is 4.40. The molecule has 1 rings (SSSR count). The topological polar surface area (TPSA) is 26.7 Å². The minimum absolute atomic E-state index is 0.168. The molecule has 0 aromatic rings. The lowest BCUT2D eigenvalue weighted by molar-refractivity contribution is 0.179. The van der Waals surface area contributed by atoms with Crippen molar-refractivity contribution in [2.24, 2.45) is 0 Å². The van der Waals surface area contributed by atoms with Gasteiger partial charge in [0.1, 0.15) is 0 Å². The third-order valence-electron chi connectivity index (χ3n) is 2.54. The van der Waals surface area contributed by atoms with Gasteiger partial charge in [0, 0.05) is 19.1 Å². The van der Waals surface area contributed by atoms with Gasteiger partial charge < -0.3 is 10.0 Å². The molecule has 1 aliphatic rings. The normalized spacial score (nSPS) is 27.8. The first kappa shape index (κ1) is 11.5. The zero-order valence-electron chi connectivity index (χ0n) is 9.32. The van der Waals surface area contributed by atoms with Crippen LogP contribution in [0.1, 0.15) is 13.3 Å². The zero-order valence-corrected chi connectivity index (χ0v) is 9.32. The Labute approximate surface area is 86.7 Å². The molecule has 80 valence electrons. The lowest BCUT2D eigenvalue weighted by Crippen LogP contribution is -2.37. The molecule has 0 amide bonds. The number of hydrogen-bond donors (Lipinski definition) is 1. The SMILES string of the molecule is CC#CCN1CC(O)CC1CN(C)C. The van der Waals surface area contributed by atoms with Gasteiger partial charge in [0.05, 0.1) is 12.6 Å². The van der Waals surface area contributed by atoms with E-state index in [4.69, 9.17) is 0 Å². The highest BCUT2D eigenvalue weighted by Gasteiger charge is 2.30. The number of likely N-dealkylation sites (N-methyl/N-ethyl adjacent to an activating group) is 1. The van der Waals surface area contributed by atoms with Gasteiger partial charge in [-0.2, -0.15) is 0 Å². The summed E-state index contributed by atoms with van der Waals surface area (Å²) in [6.07, 6.45) is 0.711. The molecule has 3 nitrogen and oxygen atoms in total. The van der Waals surface area contributed by atoms with E-state index in [9.17, 15) is 5.11 Å². The van der Waals surface area contributed by atoms with Crippen molar-refractivity contribution in [1.29, 1.82) is 0 Å². The van der Waals surface area contributed by atoms with Crippen LogP contribution in [0.25, 0.3) is 0 Å². The molecule has 0 aromatic heterocycles. The second-order valence-corrected chi connectivity index (χ2v) is 4.16. The van der Waals surface area contributed by atoms with Gasteiger partial charge in [-0.25, -0.2) is 0 Å². The molecule has 1 aliphatic heterocycles. The molecule has 2 unspecified atom stereocenters. The summed E-state index contributed by atoms with van der Waals surface area (Å²) in [4.78, 5) is 4.43. The van der Waals surface area contributed by atoms with Gasteiger partial charge >= 0.3 is 0 Å². The lowest BCUT2D eigenvalue weighted by atomic mass is 10.2. The number of β-amino-alcohol motifs (C(OH)–C–C–N with tert-alkyl or cyclic N) is 1. The summed E-state index contributed by atoms with van der Waals surface area (Å²) in [5, 5.41) is 9.57. The Morgan fingerprint density at radius 2 is 2.21 bits per heavy atom. The fourth-order valence-electron chi connectivity index (χ4n) is 1.94. The predicted octanol–water partition coefficient (Wildman–Crippen LogP) is 0.00650. The smallest absolute Gasteiger partial charge is 0.0683 e. The molecule has 3 heteroatoms. The van der Waals surface area contributed by atoms with Crippen molar-refractivity contribution in [1.82, 2.24) is 9.80 Å². The molecule has 0 spiro atoms. The summed E-state index contributed by atoms with van der Waals surface area (Å²) in [5.41, 5.74) is 0. The van der Waals surface area contributed by atoms with Crippen molar-refractivity contribution in [3.63, 3.8) is 0 Å². The third kappa shape index (κ3) is 3.30. The van der Waals surface area contributed by atoms with Gasteiger partial charge in [-0.1, -0.05) is 5.92 Å². The number of nitrogens with zero attached hydrogens (tertiary/aromatic N) is 2. The van der Waals surface area contributed by atoms with Crippen molar-refractivity contribution >= 4 is 0 Å². The lowest BCUT2D eigenvalue weighted by Gasteiger charge is -2.24. The van der Waals surface area contributed by atoms with Crippen LogP contribution in [0.4, 0.5) is 0 Å². The van der Waals surface area contributed by atoms with Crippen LogP contribution in [0.15, 0.2) is 0 Å². The number of aliphatic hydroxyl groups excluding tert-OH is 1. The molecule has 0 bridgehead atoms. The molecule has 1 heterocycles. The van der Waals surface area contributed by atoms with E-state index >= 15 is 0 Å². The molecule has 0 saturated carbocycles. The van der Waals surface area contributed by atoms with Gasteiger partial charge in [-0.15, -0.1) is 5.92 Å². The van der Waals surface area contributed by atoms with E-state index in [0.29, 0.717) is 6.04 Å². The van der Waals surface area contributed by atoms with Gasteiger partial charge in [-0.3, -0.25) is 4.90 Å². The molecular weight excluding hydrogens is 176 g/mol. The standard InChI is InChI=1S/C11H20N2O/c1-4-5-6-13-9-11(14)7-10(13)8-12(2)3/h10-11,14H,6-9H2,1-3H3. The van der Waals surface area contributed by atoms with Crippen LogP contribution >= 0.6 is 0 Å². The highest BCUT2D eigenvalue weighted by molar-refractivity contribution is 5.01. The predicted molar refractivity (Wildman–Crippen MR) is 58.0 cm³/mol. The van der Waals surface area contributed by atoms with Crippen molar-refractivity contribution in [2.75, 3.05) is 33.7 Å². The summed E-state index contributed by atoms with van der Waals surface area (Å²) in [5.74, 6) is 5.96. The number of likely N-dealkylation sites (tertiary alicyclic amines) is 1. The second-order valence-electron chi connectivity index (χ2n) is 4.16. The average molecular weight is 196 g/mol. The number of hydrogen-bond acceptors (Lipinski definition) is 3. The van der Waals surface area contributed by atoms with Gasteiger partial charge in [0.15, 0.2) is 0 Å². The monoisotopic (exact) mass is 196 g/mol. The van der Waals surface area contributed by atoms with E-state index < -0.39 is 0 Å². The average Bonchev–Trinajstić information content (AvgIpc) is 2.41. The van der Waals surface area contributed by atoms with Crippen LogP contribution in [0.5, 0.6) is 0 Å². The molecule has 1 saturated heterocycles. The fourth-order valence-corrected chi connectivity index (χ4v) is 1.94. The van der Waals surface area contributed by atoms with Gasteiger partial charge in [0.2, 0.25) is 0 Å². The molecule has 0 radical (unpaired) electrons. The quantitative estimate of drug-likeness (QED) is 0.644. The van der Waals surface area contributed by atoms with E-state index in [2.05, 4.69) is 35.7 Å². The Morgan fingerprint density at radius 3 is 2.79 bits per heavy atom. The van der Waals surface area contributed by atoms with Gasteiger partial charge in [-0.05, 0) is 27.4 Å². The first-order valence-electron chi connectivity index (χ1n) is 5.10. The maximum Gasteiger partial charge on any atom is 0.0683 e. The van der Waals surface area contributed by atoms with E-state index in [0.717, 1.165) is 26.1 Å². The number of rotatable bonds is 3. The van der Waals surface area contributed by atoms with E-state index in [1.54, 1.807) is 0 Å². The van der Waals surface area contributed by atoms with Gasteiger partial charge in [0.25, 0.3) is 0 Å². The molecule has 14 heavy (non-hydrogen) atoms. The summed E-state index contributed by atoms with van der Waals surface area (Å²) in [6.45, 7) is 4.41. The Morgan fingerprint density at radius 1 is 1.50 bits per heavy atom. The summed E-state index contributed by atoms with van der Waals surface area (Å²) in [6, 6.07) is 0.459. The highest BCUT2D eigenvalue weighted by atomic mass is 16.3. The zero-order chi connectivity index (χ0) is 10.6. The maximum absolute atomic E-state index is 9.57. The Bertz CT molecular complexity index is 229. The fraction of sp³-hybridized carbons (Fsp3) is 0.818. The summed E-state index contributed by atoms with van der Waals surface area (Å²) >= 11 is 0. The van der Waals surface area contributed by atoms with Crippen molar-refractivity contribution < 1.29 is 5.11 Å². The first-order chi connectivity index (χ1) is 6.63. The maximum atomic E-state index is 9.57. The van der Waals surface area contributed by atoms with E-state index in [1.807, 2.05) is 6.92 Å². The molecule has 0 aromatic carbocycles. The first-order valence-corrected chi connectivity index (χ1v) is 5.10. The highest BCUT2D eigenvalue weighted by Crippen LogP contribution is 2.17. The molecule has 1 N–H and O–H groups in total. The Hall–Kier alpha value is -0.560. The van der Waals surface area contributed by atoms with Crippen molar-refractivity contribution in [3.8, 4) is 11.8 Å².